The van der Waals surface area contributed by atoms with Gasteiger partial charge in [0.1, 0.15) is 47.5 Å². The van der Waals surface area contributed by atoms with Crippen LogP contribution in [0.2, 0.25) is 0 Å². The number of carbonyl (C=O) groups excluding carboxylic acids is 6. The van der Waals surface area contributed by atoms with Gasteiger partial charge in [0.05, 0.1) is 142 Å². The molecule has 3 fully saturated rings. The number of ether oxygens (including phenoxy) is 12. The zero-order valence-corrected chi connectivity index (χ0v) is 70.8. The zero-order valence-electron chi connectivity index (χ0n) is 70.8. The fourth-order valence-corrected chi connectivity index (χ4v) is 15.6. The van der Waals surface area contributed by atoms with Gasteiger partial charge in [0.15, 0.2) is 11.2 Å². The number of Topliss-reactive ketones (excluding diaryl/α,β-unsaturated/α-hetero) is 2. The number of nitrogens with one attached hydrogen (secondary N) is 1. The summed E-state index contributed by atoms with van der Waals surface area (Å²) in [6.07, 6.45) is 24.6. The van der Waals surface area contributed by atoms with E-state index in [-0.39, 0.29) is 72.7 Å². The molecule has 5 aromatic rings. The van der Waals surface area contributed by atoms with Crippen LogP contribution in [0.1, 0.15) is 167 Å². The molecule has 8 atom stereocenters. The van der Waals surface area contributed by atoms with Crippen LogP contribution in [0.4, 0.5) is 16.6 Å². The molecule has 30 heteroatoms. The number of nitrogens with two attached hydrogens (primary N) is 2. The van der Waals surface area contributed by atoms with Gasteiger partial charge in [-0.1, -0.05) is 75.4 Å². The smallest absolute Gasteiger partial charge is 0.407 e. The summed E-state index contributed by atoms with van der Waals surface area (Å²) in [5.74, 6) is 0.00119. The van der Waals surface area contributed by atoms with Crippen molar-refractivity contribution in [1.82, 2.24) is 39.8 Å². The SMILES string of the molecule is CO[C@@H](CC1CCCC(C(=O)C(=O)N2CCCCC2)O1)/C(C)=C/C=C/C=C/[C@@H](C)C[C@@H](C)C(=O)C[C@H](O)/C(C)=C/[C@@H](C)CC[C@@H](CCC1CCC(OC(=O)NCCOCCOCCOCCOCCOCCOCCOCCOCCC(=O)N2CCc3cc(Cn4nc(-c5ccc6oc(N)nc6c5)c5c(N)ncnc54)ccc3C2)CC1)OC=O. The lowest BCUT2D eigenvalue weighted by Crippen LogP contribution is -2.46. The summed E-state index contributed by atoms with van der Waals surface area (Å²) in [5, 5.41) is 19.5. The highest BCUT2D eigenvalue weighted by Crippen LogP contribution is 2.35. The number of methoxy groups -OCH3 is 1. The first-order valence-corrected chi connectivity index (χ1v) is 42.9. The van der Waals surface area contributed by atoms with Gasteiger partial charge in [-0.2, -0.15) is 10.1 Å². The van der Waals surface area contributed by atoms with Crippen molar-refractivity contribution in [1.29, 1.82) is 0 Å². The van der Waals surface area contributed by atoms with Gasteiger partial charge in [-0.25, -0.2) is 19.4 Å². The maximum absolute atomic E-state index is 13.3. The summed E-state index contributed by atoms with van der Waals surface area (Å²) in [6, 6.07) is 12.0. The highest BCUT2D eigenvalue weighted by molar-refractivity contribution is 6.37. The predicted octanol–water partition coefficient (Wildman–Crippen LogP) is 11.2. The molecule has 2 saturated heterocycles. The molecule has 3 amide bonds. The van der Waals surface area contributed by atoms with Gasteiger partial charge in [0.2, 0.25) is 11.7 Å². The Morgan fingerprint density at radius 3 is 2.04 bits per heavy atom. The lowest BCUT2D eigenvalue weighted by atomic mass is 9.83. The number of hydrogen-bond donors (Lipinski definition) is 4. The number of piperidine rings is 1. The molecule has 9 rings (SSSR count). The van der Waals surface area contributed by atoms with Crippen LogP contribution in [0.15, 0.2) is 94.7 Å². The first-order chi connectivity index (χ1) is 57.8. The van der Waals surface area contributed by atoms with Crippen molar-refractivity contribution in [2.75, 3.05) is 150 Å². The van der Waals surface area contributed by atoms with Crippen LogP contribution in [0.5, 0.6) is 0 Å². The molecule has 0 radical (unpaired) electrons. The highest BCUT2D eigenvalue weighted by Gasteiger charge is 2.36. The number of rotatable bonds is 55. The number of allylic oxidation sites excluding steroid dienone is 6. The summed E-state index contributed by atoms with van der Waals surface area (Å²) in [4.78, 5) is 93.1. The number of anilines is 2. The second-order valence-corrected chi connectivity index (χ2v) is 31.7. The lowest BCUT2D eigenvalue weighted by Gasteiger charge is -2.33. The van der Waals surface area contributed by atoms with E-state index in [1.807, 2.05) is 72.9 Å². The van der Waals surface area contributed by atoms with E-state index in [2.05, 4.69) is 58.4 Å². The quantitative estimate of drug-likeness (QED) is 0.00923. The average molecular weight is 1660 g/mol. The third kappa shape index (κ3) is 32.5. The van der Waals surface area contributed by atoms with Gasteiger partial charge in [0, 0.05) is 64.2 Å². The first-order valence-electron chi connectivity index (χ1n) is 42.9. The second-order valence-electron chi connectivity index (χ2n) is 31.7. The topological polar surface area (TPSA) is 374 Å². The maximum Gasteiger partial charge on any atom is 0.407 e. The summed E-state index contributed by atoms with van der Waals surface area (Å²) in [6.45, 7) is 20.1. The van der Waals surface area contributed by atoms with Gasteiger partial charge in [-0.15, -0.1) is 0 Å². The molecule has 3 aromatic heterocycles. The van der Waals surface area contributed by atoms with Gasteiger partial charge in [-0.3, -0.25) is 24.0 Å². The molecule has 119 heavy (non-hydrogen) atoms. The number of alkyl carbamates (subject to hydrolysis) is 1. The van der Waals surface area contributed by atoms with Crippen molar-refractivity contribution in [3.05, 3.63) is 107 Å². The molecule has 0 spiro atoms. The fraction of sp³-hybridized carbons (Fsp3) is 0.640. The number of amides is 3. The van der Waals surface area contributed by atoms with E-state index in [9.17, 15) is 33.9 Å². The summed E-state index contributed by atoms with van der Waals surface area (Å²) in [7, 11) is 1.67. The third-order valence-electron chi connectivity index (χ3n) is 22.5. The van der Waals surface area contributed by atoms with Crippen molar-refractivity contribution in [2.24, 2.45) is 23.7 Å². The minimum Gasteiger partial charge on any atom is -0.465 e. The van der Waals surface area contributed by atoms with Crippen molar-refractivity contribution in [3.63, 3.8) is 0 Å². The van der Waals surface area contributed by atoms with Crippen molar-refractivity contribution in [3.8, 4) is 11.3 Å². The molecule has 6 heterocycles. The monoisotopic (exact) mass is 1660 g/mol. The first kappa shape index (κ1) is 94.5. The number of likely N-dealkylation sites (tertiary alicyclic amines) is 1. The number of nitrogens with zero attached hydrogens (tertiary/aromatic N) is 7. The summed E-state index contributed by atoms with van der Waals surface area (Å²) in [5.41, 5.74) is 20.5. The standard InChI is InChI=1S/C89H130N10O20/c1-62(14-9-7-10-15-64(3)80(107-6)56-74-16-13-17-79(117-74)84(104)87(105)97-33-11-8-12-34-97)52-65(4)76(101)57-77(102)66(5)53-63(2)18-25-72(116-61-100)26-20-67-21-27-73(28-22-67)118-89(106)92-32-37-109-39-41-111-43-45-113-47-49-115-51-50-114-48-46-112-44-42-110-40-38-108-36-31-81(103)98-35-30-69-54-68(19-23-71(69)59-98)58-99-86-82(85(90)93-60-94-86)83(96-99)70-24-29-78-75(55-70)95-88(91)119-78/h7,9-10,14-15,19,23-24,29,53-55,60-63,65,67,72-74,77,79-80,102H,8,11-13,16-18,20-22,25-28,30-52,56-59H2,1-6H3,(H2,91,95)(H,92,106)(H2,90,93,94)/b10-7+,14-9+,64-15+,66-53+/t62-,63+,65-,67?,72+,73?,74?,77+,79?,80+/m1/s1. The van der Waals surface area contributed by atoms with Crippen molar-refractivity contribution < 1.29 is 95.1 Å². The fourth-order valence-electron chi connectivity index (χ4n) is 15.6. The number of aliphatic hydroxyl groups is 1. The average Bonchev–Trinajstić information content (AvgIpc) is 1.61. The number of nitrogen functional groups attached to an aromatic ring is 2. The Hall–Kier alpha value is -8.40. The number of oxazole rings is 1. The molecule has 6 N–H and O–H groups in total. The summed E-state index contributed by atoms with van der Waals surface area (Å²) < 4.78 is 75.5. The van der Waals surface area contributed by atoms with Gasteiger partial charge >= 0.3 is 6.09 Å². The van der Waals surface area contributed by atoms with Crippen LogP contribution in [0.25, 0.3) is 33.4 Å². The lowest BCUT2D eigenvalue weighted by molar-refractivity contribution is -0.157. The van der Waals surface area contributed by atoms with Crippen LogP contribution in [0.3, 0.4) is 0 Å². The highest BCUT2D eigenvalue weighted by atomic mass is 16.6. The van der Waals surface area contributed by atoms with Crippen LogP contribution in [-0.4, -0.2) is 251 Å². The Morgan fingerprint density at radius 1 is 0.697 bits per heavy atom. The Kier molecular flexibility index (Phi) is 41.3. The Balaban J connectivity index is 0.495. The van der Waals surface area contributed by atoms with Crippen molar-refractivity contribution in [2.45, 2.75) is 206 Å². The predicted molar refractivity (Wildman–Crippen MR) is 450 cm³/mol. The minimum absolute atomic E-state index is 0.0155. The Morgan fingerprint density at radius 2 is 1.37 bits per heavy atom. The third-order valence-corrected chi connectivity index (χ3v) is 22.5. The molecular weight excluding hydrogens is 1530 g/mol. The van der Waals surface area contributed by atoms with Crippen LogP contribution in [-0.2, 0) is 100 Å². The number of ketones is 2. The number of aliphatic hydroxyl groups excluding tert-OH is 1. The molecule has 2 unspecified atom stereocenters. The van der Waals surface area contributed by atoms with Crippen LogP contribution < -0.4 is 16.8 Å². The zero-order chi connectivity index (χ0) is 84.5. The van der Waals surface area contributed by atoms with E-state index < -0.39 is 30.0 Å². The van der Waals surface area contributed by atoms with E-state index in [1.54, 1.807) is 18.1 Å². The normalized spacial score (nSPS) is 19.1. The Bertz CT molecular complexity index is 4060. The Labute approximate surface area is 700 Å². The van der Waals surface area contributed by atoms with E-state index in [4.69, 9.17) is 77.8 Å². The number of hydrogen-bond acceptors (Lipinski definition) is 26. The summed E-state index contributed by atoms with van der Waals surface area (Å²) >= 11 is 0. The molecular formula is C89H130N10O20. The van der Waals surface area contributed by atoms with E-state index in [0.29, 0.717) is 217 Å². The van der Waals surface area contributed by atoms with E-state index >= 15 is 0 Å². The molecule has 30 nitrogen and oxygen atoms in total. The number of aromatic nitrogens is 5. The largest absolute Gasteiger partial charge is 0.465 e. The van der Waals surface area contributed by atoms with Gasteiger partial charge < -0.3 is 92.9 Å². The van der Waals surface area contributed by atoms with Gasteiger partial charge in [-0.05, 0) is 180 Å². The molecule has 1 saturated carbocycles. The van der Waals surface area contributed by atoms with E-state index in [1.165, 1.54) is 11.9 Å². The minimum atomic E-state index is -0.881. The van der Waals surface area contributed by atoms with E-state index in [0.717, 1.165) is 111 Å². The number of carbonyl (C=O) groups is 6. The molecule has 656 valence electrons. The molecule has 2 aromatic carbocycles. The maximum atomic E-state index is 13.3. The van der Waals surface area contributed by atoms with Crippen LogP contribution >= 0.6 is 0 Å². The molecule has 3 aliphatic heterocycles. The second kappa shape index (κ2) is 52.0. The van der Waals surface area contributed by atoms with Crippen LogP contribution in [0, 0.1) is 23.7 Å². The molecule has 0 bridgehead atoms. The number of fused-ring (bicyclic) bond motifs is 3. The van der Waals surface area contributed by atoms with Gasteiger partial charge in [0.25, 0.3) is 18.4 Å². The molecule has 1 aliphatic carbocycles. The van der Waals surface area contributed by atoms with Crippen molar-refractivity contribution >= 4 is 69.9 Å². The molecule has 4 aliphatic rings. The number of benzene rings is 2.